The van der Waals surface area contributed by atoms with E-state index in [1.807, 2.05) is 25.1 Å². The monoisotopic (exact) mass is 473 g/mol. The van der Waals surface area contributed by atoms with Crippen LogP contribution in [-0.4, -0.2) is 13.2 Å². The summed E-state index contributed by atoms with van der Waals surface area (Å²) in [5.41, 5.74) is 2.10. The Hall–Kier alpha value is -0.940. The molecule has 2 rings (SSSR count). The van der Waals surface area contributed by atoms with Crippen molar-refractivity contribution in [2.75, 3.05) is 13.2 Å². The highest BCUT2D eigenvalue weighted by molar-refractivity contribution is 9.10. The first kappa shape index (κ1) is 22.4. The van der Waals surface area contributed by atoms with Gasteiger partial charge < -0.3 is 14.8 Å². The first-order valence-corrected chi connectivity index (χ1v) is 10.8. The van der Waals surface area contributed by atoms with Crippen LogP contribution in [-0.2, 0) is 13.2 Å². The van der Waals surface area contributed by atoms with Crippen LogP contribution in [0, 0.1) is 0 Å². The molecular formula is C21H26BrCl2NO2. The zero-order chi connectivity index (χ0) is 19.6. The molecule has 0 saturated heterocycles. The molecule has 148 valence electrons. The molecule has 27 heavy (non-hydrogen) atoms. The van der Waals surface area contributed by atoms with E-state index in [1.54, 1.807) is 6.07 Å². The van der Waals surface area contributed by atoms with Crippen LogP contribution in [0.1, 0.15) is 44.2 Å². The van der Waals surface area contributed by atoms with Gasteiger partial charge in [0.25, 0.3) is 0 Å². The third-order valence-electron chi connectivity index (χ3n) is 4.02. The Labute approximate surface area is 180 Å². The van der Waals surface area contributed by atoms with E-state index in [-0.39, 0.29) is 0 Å². The molecule has 2 aromatic rings. The summed E-state index contributed by atoms with van der Waals surface area (Å²) >= 11 is 15.7. The van der Waals surface area contributed by atoms with Gasteiger partial charge in [-0.25, -0.2) is 0 Å². The summed E-state index contributed by atoms with van der Waals surface area (Å²) in [6.45, 7) is 6.95. The largest absolute Gasteiger partial charge is 0.490 e. The van der Waals surface area contributed by atoms with Gasteiger partial charge in [0.15, 0.2) is 11.5 Å². The molecule has 0 fully saturated rings. The van der Waals surface area contributed by atoms with Gasteiger partial charge in [-0.3, -0.25) is 0 Å². The molecule has 0 heterocycles. The number of ether oxygens (including phenoxy) is 2. The van der Waals surface area contributed by atoms with Gasteiger partial charge in [-0.15, -0.1) is 0 Å². The minimum absolute atomic E-state index is 0.379. The molecule has 0 aromatic heterocycles. The van der Waals surface area contributed by atoms with Crippen molar-refractivity contribution in [3.05, 3.63) is 56.0 Å². The zero-order valence-corrected chi connectivity index (χ0v) is 18.9. The summed E-state index contributed by atoms with van der Waals surface area (Å²) in [5, 5.41) is 4.53. The zero-order valence-electron chi connectivity index (χ0n) is 15.8. The second-order valence-corrected chi connectivity index (χ2v) is 7.93. The fourth-order valence-electron chi connectivity index (χ4n) is 2.64. The molecule has 0 atom stereocenters. The molecule has 0 unspecified atom stereocenters. The van der Waals surface area contributed by atoms with Gasteiger partial charge in [0.2, 0.25) is 0 Å². The Kier molecular flexibility index (Phi) is 9.77. The normalized spacial score (nSPS) is 10.9. The number of nitrogens with one attached hydrogen (secondary N) is 1. The number of hydrogen-bond donors (Lipinski definition) is 1. The van der Waals surface area contributed by atoms with Crippen LogP contribution in [0.15, 0.2) is 34.8 Å². The molecule has 0 amide bonds. The lowest BCUT2D eigenvalue weighted by atomic mass is 10.2. The van der Waals surface area contributed by atoms with Crippen LogP contribution in [0.3, 0.4) is 0 Å². The number of hydrogen-bond acceptors (Lipinski definition) is 3. The molecule has 1 N–H and O–H groups in total. The van der Waals surface area contributed by atoms with Crippen molar-refractivity contribution in [2.45, 2.75) is 46.3 Å². The van der Waals surface area contributed by atoms with Crippen molar-refractivity contribution in [3.63, 3.8) is 0 Å². The number of unbranched alkanes of at least 4 members (excludes halogenated alkanes) is 2. The molecule has 0 aliphatic rings. The highest BCUT2D eigenvalue weighted by Crippen LogP contribution is 2.37. The van der Waals surface area contributed by atoms with Crippen LogP contribution < -0.4 is 14.8 Å². The average Bonchev–Trinajstić information content (AvgIpc) is 2.64. The van der Waals surface area contributed by atoms with Gasteiger partial charge in [-0.2, -0.15) is 0 Å². The van der Waals surface area contributed by atoms with Gasteiger partial charge in [0, 0.05) is 6.54 Å². The maximum Gasteiger partial charge on any atom is 0.175 e. The minimum atomic E-state index is 0.379. The van der Waals surface area contributed by atoms with E-state index >= 15 is 0 Å². The summed E-state index contributed by atoms with van der Waals surface area (Å²) in [5.74, 6) is 1.43. The summed E-state index contributed by atoms with van der Waals surface area (Å²) in [6, 6.07) is 9.59. The lowest BCUT2D eigenvalue weighted by Gasteiger charge is -2.16. The second-order valence-electron chi connectivity index (χ2n) is 6.26. The molecule has 6 heteroatoms. The molecular weight excluding hydrogens is 449 g/mol. The van der Waals surface area contributed by atoms with Crippen LogP contribution in [0.25, 0.3) is 0 Å². The van der Waals surface area contributed by atoms with Crippen LogP contribution in [0.2, 0.25) is 10.0 Å². The molecule has 0 saturated carbocycles. The van der Waals surface area contributed by atoms with Crippen LogP contribution in [0.4, 0.5) is 0 Å². The Morgan fingerprint density at radius 1 is 0.963 bits per heavy atom. The van der Waals surface area contributed by atoms with Crippen LogP contribution in [0.5, 0.6) is 11.5 Å². The molecule has 3 nitrogen and oxygen atoms in total. The van der Waals surface area contributed by atoms with Gasteiger partial charge in [-0.1, -0.05) is 49.0 Å². The Morgan fingerprint density at radius 3 is 2.48 bits per heavy atom. The molecule has 0 aliphatic carbocycles. The van der Waals surface area contributed by atoms with Gasteiger partial charge in [-0.05, 0) is 71.2 Å². The third-order valence-corrected chi connectivity index (χ3v) is 5.35. The van der Waals surface area contributed by atoms with E-state index in [1.165, 1.54) is 19.3 Å². The van der Waals surface area contributed by atoms with Gasteiger partial charge in [0.1, 0.15) is 6.61 Å². The molecule has 2 aromatic carbocycles. The smallest absolute Gasteiger partial charge is 0.175 e. The van der Waals surface area contributed by atoms with E-state index in [2.05, 4.69) is 34.2 Å². The maximum absolute atomic E-state index is 6.08. The van der Waals surface area contributed by atoms with Gasteiger partial charge in [0.05, 0.1) is 21.1 Å². The molecule has 0 radical (unpaired) electrons. The van der Waals surface area contributed by atoms with Crippen molar-refractivity contribution >= 4 is 39.1 Å². The molecule has 0 bridgehead atoms. The highest BCUT2D eigenvalue weighted by Gasteiger charge is 2.13. The fraction of sp³-hybridized carbons (Fsp3) is 0.429. The lowest BCUT2D eigenvalue weighted by molar-refractivity contribution is 0.267. The number of rotatable bonds is 11. The quantitative estimate of drug-likeness (QED) is 0.355. The van der Waals surface area contributed by atoms with Crippen molar-refractivity contribution in [2.24, 2.45) is 0 Å². The molecule has 0 aliphatic heterocycles. The van der Waals surface area contributed by atoms with Crippen molar-refractivity contribution in [1.29, 1.82) is 0 Å². The number of benzene rings is 2. The topological polar surface area (TPSA) is 30.5 Å². The standard InChI is InChI=1S/C21H26BrCl2NO2/c1-3-5-6-9-25-13-16-10-17(22)21(20(12-16)26-4-2)27-14-15-7-8-18(23)19(24)11-15/h7-8,10-12,25H,3-6,9,13-14H2,1-2H3. The second kappa shape index (κ2) is 11.8. The minimum Gasteiger partial charge on any atom is -0.490 e. The Bertz CT molecular complexity index is 740. The van der Waals surface area contributed by atoms with E-state index in [0.717, 1.165) is 34.4 Å². The Balaban J connectivity index is 2.06. The van der Waals surface area contributed by atoms with Crippen molar-refractivity contribution in [3.8, 4) is 11.5 Å². The predicted octanol–water partition coefficient (Wildman–Crippen LogP) is 7.01. The average molecular weight is 475 g/mol. The summed E-state index contributed by atoms with van der Waals surface area (Å²) in [4.78, 5) is 0. The Morgan fingerprint density at radius 2 is 1.78 bits per heavy atom. The summed E-state index contributed by atoms with van der Waals surface area (Å²) in [6.07, 6.45) is 3.68. The van der Waals surface area contributed by atoms with Gasteiger partial charge >= 0.3 is 0 Å². The van der Waals surface area contributed by atoms with E-state index in [9.17, 15) is 0 Å². The van der Waals surface area contributed by atoms with E-state index in [0.29, 0.717) is 29.0 Å². The summed E-state index contributed by atoms with van der Waals surface area (Å²) < 4.78 is 12.7. The number of halogens is 3. The first-order valence-electron chi connectivity index (χ1n) is 9.27. The maximum atomic E-state index is 6.08. The predicted molar refractivity (Wildman–Crippen MR) is 117 cm³/mol. The van der Waals surface area contributed by atoms with Crippen LogP contribution >= 0.6 is 39.1 Å². The van der Waals surface area contributed by atoms with E-state index < -0.39 is 0 Å². The summed E-state index contributed by atoms with van der Waals surface area (Å²) in [7, 11) is 0. The molecule has 0 spiro atoms. The van der Waals surface area contributed by atoms with Crippen molar-refractivity contribution < 1.29 is 9.47 Å². The highest BCUT2D eigenvalue weighted by atomic mass is 79.9. The first-order chi connectivity index (χ1) is 13.0. The van der Waals surface area contributed by atoms with Crippen molar-refractivity contribution in [1.82, 2.24) is 5.32 Å². The fourth-order valence-corrected chi connectivity index (χ4v) is 3.57. The SMILES string of the molecule is CCCCCNCc1cc(Br)c(OCc2ccc(Cl)c(Cl)c2)c(OCC)c1. The van der Waals surface area contributed by atoms with E-state index in [4.69, 9.17) is 32.7 Å². The third kappa shape index (κ3) is 7.19. The lowest BCUT2D eigenvalue weighted by Crippen LogP contribution is -2.15.